The molecule has 17 heavy (non-hydrogen) atoms. The second-order valence-corrected chi connectivity index (χ2v) is 5.79. The molecule has 1 aromatic rings. The summed E-state index contributed by atoms with van der Waals surface area (Å²) in [6.07, 6.45) is 6.78. The van der Waals surface area contributed by atoms with Gasteiger partial charge in [-0.3, -0.25) is 0 Å². The van der Waals surface area contributed by atoms with Gasteiger partial charge >= 0.3 is 0 Å². The van der Waals surface area contributed by atoms with E-state index in [0.717, 1.165) is 4.47 Å². The molecule has 0 aliphatic carbocycles. The van der Waals surface area contributed by atoms with E-state index in [4.69, 9.17) is 11.6 Å². The summed E-state index contributed by atoms with van der Waals surface area (Å²) in [4.78, 5) is 2.50. The van der Waals surface area contributed by atoms with Crippen LogP contribution in [0.25, 0.3) is 0 Å². The van der Waals surface area contributed by atoms with Crippen molar-refractivity contribution in [2.45, 2.75) is 38.0 Å². The topological polar surface area (TPSA) is 3.24 Å². The van der Waals surface area contributed by atoms with E-state index in [1.807, 2.05) is 0 Å². The van der Waals surface area contributed by atoms with Crippen LogP contribution in [-0.4, -0.2) is 13.1 Å². The minimum atomic E-state index is 0.570. The van der Waals surface area contributed by atoms with Gasteiger partial charge in [-0.2, -0.15) is 0 Å². The van der Waals surface area contributed by atoms with Crippen molar-refractivity contribution in [3.63, 3.8) is 0 Å². The van der Waals surface area contributed by atoms with E-state index in [1.54, 1.807) is 0 Å². The molecule has 0 N–H and O–H groups in total. The molecule has 0 saturated carbocycles. The molecule has 0 aromatic heterocycles. The number of halogens is 2. The predicted molar refractivity (Wildman–Crippen MR) is 79.0 cm³/mol. The van der Waals surface area contributed by atoms with Gasteiger partial charge in [0.2, 0.25) is 0 Å². The molecule has 1 aromatic carbocycles. The van der Waals surface area contributed by atoms with E-state index < -0.39 is 0 Å². The summed E-state index contributed by atoms with van der Waals surface area (Å²) in [6.45, 7) is 2.37. The van der Waals surface area contributed by atoms with E-state index in [-0.39, 0.29) is 0 Å². The number of alkyl halides is 1. The minimum absolute atomic E-state index is 0.570. The Bertz CT molecular complexity index is 359. The molecule has 0 spiro atoms. The average molecular weight is 317 g/mol. The summed E-state index contributed by atoms with van der Waals surface area (Å²) >= 11 is 9.47. The molecule has 0 atom stereocenters. The van der Waals surface area contributed by atoms with Gasteiger partial charge < -0.3 is 4.90 Å². The van der Waals surface area contributed by atoms with Gasteiger partial charge in [0.15, 0.2) is 0 Å². The molecule has 0 amide bonds. The molecule has 0 unspecified atom stereocenters. The Hall–Kier alpha value is -0.210. The normalized spacial score (nSPS) is 17.6. The molecule has 1 aliphatic heterocycles. The number of rotatable bonds is 2. The Kier molecular flexibility index (Phi) is 5.17. The van der Waals surface area contributed by atoms with Crippen molar-refractivity contribution < 1.29 is 0 Å². The molecule has 0 bridgehead atoms. The summed E-state index contributed by atoms with van der Waals surface area (Å²) < 4.78 is 1.13. The molecule has 1 heterocycles. The third kappa shape index (κ3) is 3.62. The monoisotopic (exact) mass is 315 g/mol. The highest BCUT2D eigenvalue weighted by atomic mass is 79.9. The minimum Gasteiger partial charge on any atom is -0.372 e. The highest BCUT2D eigenvalue weighted by Gasteiger charge is 2.10. The van der Waals surface area contributed by atoms with Crippen LogP contribution in [0.3, 0.4) is 0 Å². The quantitative estimate of drug-likeness (QED) is 0.697. The van der Waals surface area contributed by atoms with Crippen LogP contribution >= 0.6 is 27.5 Å². The van der Waals surface area contributed by atoms with Crippen molar-refractivity contribution in [3.8, 4) is 0 Å². The number of anilines is 1. The predicted octanol–water partition coefficient (Wildman–Crippen LogP) is 4.96. The van der Waals surface area contributed by atoms with Gasteiger partial charge in [0.25, 0.3) is 0 Å². The zero-order valence-corrected chi connectivity index (χ0v) is 12.4. The van der Waals surface area contributed by atoms with E-state index >= 15 is 0 Å². The summed E-state index contributed by atoms with van der Waals surface area (Å²) in [7, 11) is 0. The fourth-order valence-corrected chi connectivity index (χ4v) is 3.25. The first kappa shape index (κ1) is 13.2. The van der Waals surface area contributed by atoms with Gasteiger partial charge in [-0.15, -0.1) is 11.6 Å². The van der Waals surface area contributed by atoms with E-state index in [2.05, 4.69) is 39.0 Å². The third-order valence-corrected chi connectivity index (χ3v) is 4.43. The number of nitrogens with zero attached hydrogens (tertiary/aromatic N) is 1. The summed E-state index contributed by atoms with van der Waals surface area (Å²) in [5.41, 5.74) is 2.50. The second-order valence-electron chi connectivity index (χ2n) is 4.66. The Morgan fingerprint density at radius 3 is 2.29 bits per heavy atom. The van der Waals surface area contributed by atoms with Crippen LogP contribution in [0, 0.1) is 0 Å². The van der Waals surface area contributed by atoms with Crippen LogP contribution < -0.4 is 4.90 Å². The molecule has 1 nitrogen and oxygen atoms in total. The van der Waals surface area contributed by atoms with Crippen LogP contribution in [0.5, 0.6) is 0 Å². The van der Waals surface area contributed by atoms with Crippen LogP contribution in [0.2, 0.25) is 0 Å². The maximum atomic E-state index is 5.87. The smallest absolute Gasteiger partial charge is 0.0485 e. The van der Waals surface area contributed by atoms with Crippen LogP contribution in [-0.2, 0) is 5.88 Å². The van der Waals surface area contributed by atoms with Crippen molar-refractivity contribution in [3.05, 3.63) is 28.2 Å². The fourth-order valence-electron chi connectivity index (χ4n) is 2.35. The standard InChI is InChI=1S/C14H19BrClN/c15-14-10-13(7-6-12(14)11-16)17-8-4-2-1-3-5-9-17/h6-7,10H,1-5,8-9,11H2. The summed E-state index contributed by atoms with van der Waals surface area (Å²) in [5, 5.41) is 0. The number of benzene rings is 1. The van der Waals surface area contributed by atoms with Gasteiger partial charge in [0.1, 0.15) is 0 Å². The Balaban J connectivity index is 2.11. The first-order valence-electron chi connectivity index (χ1n) is 6.40. The molecule has 0 radical (unpaired) electrons. The van der Waals surface area contributed by atoms with Gasteiger partial charge in [0, 0.05) is 29.1 Å². The van der Waals surface area contributed by atoms with Gasteiger partial charge in [-0.1, -0.05) is 41.3 Å². The van der Waals surface area contributed by atoms with E-state index in [1.165, 1.54) is 56.4 Å². The molecular formula is C14H19BrClN. The summed E-state index contributed by atoms with van der Waals surface area (Å²) in [6, 6.07) is 6.54. The van der Waals surface area contributed by atoms with Crippen molar-refractivity contribution in [2.24, 2.45) is 0 Å². The average Bonchev–Trinajstić information content (AvgIpc) is 2.28. The highest BCUT2D eigenvalue weighted by molar-refractivity contribution is 9.10. The first-order chi connectivity index (χ1) is 8.31. The van der Waals surface area contributed by atoms with Gasteiger partial charge in [0.05, 0.1) is 0 Å². The molecule has 94 valence electrons. The maximum Gasteiger partial charge on any atom is 0.0485 e. The first-order valence-corrected chi connectivity index (χ1v) is 7.73. The largest absolute Gasteiger partial charge is 0.372 e. The van der Waals surface area contributed by atoms with E-state index in [0.29, 0.717) is 5.88 Å². The highest BCUT2D eigenvalue weighted by Crippen LogP contribution is 2.26. The van der Waals surface area contributed by atoms with E-state index in [9.17, 15) is 0 Å². The summed E-state index contributed by atoms with van der Waals surface area (Å²) in [5.74, 6) is 0.570. The Morgan fingerprint density at radius 1 is 1.06 bits per heavy atom. The number of hydrogen-bond acceptors (Lipinski definition) is 1. The third-order valence-electron chi connectivity index (χ3n) is 3.40. The lowest BCUT2D eigenvalue weighted by molar-refractivity contribution is 0.556. The molecule has 3 heteroatoms. The van der Waals surface area contributed by atoms with Crippen molar-refractivity contribution in [1.82, 2.24) is 0 Å². The van der Waals surface area contributed by atoms with Crippen molar-refractivity contribution >= 4 is 33.2 Å². The number of hydrogen-bond donors (Lipinski definition) is 0. The molecule has 2 rings (SSSR count). The Labute approximate surface area is 117 Å². The van der Waals surface area contributed by atoms with Crippen molar-refractivity contribution in [1.29, 1.82) is 0 Å². The molecule has 1 saturated heterocycles. The zero-order valence-electron chi connectivity index (χ0n) is 10.1. The van der Waals surface area contributed by atoms with Gasteiger partial charge in [-0.25, -0.2) is 0 Å². The zero-order chi connectivity index (χ0) is 12.1. The van der Waals surface area contributed by atoms with Crippen LogP contribution in [0.4, 0.5) is 5.69 Å². The lowest BCUT2D eigenvalue weighted by atomic mass is 10.1. The second kappa shape index (κ2) is 6.65. The molecular weight excluding hydrogens is 298 g/mol. The van der Waals surface area contributed by atoms with Crippen molar-refractivity contribution in [2.75, 3.05) is 18.0 Å². The van der Waals surface area contributed by atoms with Crippen LogP contribution in [0.1, 0.15) is 37.7 Å². The maximum absolute atomic E-state index is 5.87. The SMILES string of the molecule is ClCc1ccc(N2CCCCCCC2)cc1Br. The van der Waals surface area contributed by atoms with Crippen LogP contribution in [0.15, 0.2) is 22.7 Å². The molecule has 1 aliphatic rings. The lowest BCUT2D eigenvalue weighted by Gasteiger charge is -2.27. The lowest BCUT2D eigenvalue weighted by Crippen LogP contribution is -2.26. The van der Waals surface area contributed by atoms with Gasteiger partial charge in [-0.05, 0) is 30.5 Å². The Morgan fingerprint density at radius 2 is 1.71 bits per heavy atom. The fraction of sp³-hybridized carbons (Fsp3) is 0.571. The molecule has 1 fully saturated rings.